The lowest BCUT2D eigenvalue weighted by Crippen LogP contribution is -2.42. The molecule has 0 bridgehead atoms. The Labute approximate surface area is 188 Å². The van der Waals surface area contributed by atoms with Crippen molar-refractivity contribution in [2.24, 2.45) is 0 Å². The molecule has 0 saturated carbocycles. The van der Waals surface area contributed by atoms with E-state index in [0.29, 0.717) is 12.3 Å². The molecule has 3 aromatic rings. The standard InChI is InChI=1S/C25H30N4O3/c1-28(2)23-11-10-19-8-5-9-22(25(19)27-23)32-17-24(31)26-14-21(30)16-29-13-12-18-6-3-4-7-20(18)15-29/h3-11,21,30H,12-17H2,1-2H3,(H,26,31). The Balaban J connectivity index is 1.26. The number of nitrogens with one attached hydrogen (secondary N) is 1. The van der Waals surface area contributed by atoms with Crippen LogP contribution in [0.3, 0.4) is 0 Å². The normalized spacial score (nSPS) is 14.6. The number of hydrogen-bond acceptors (Lipinski definition) is 6. The SMILES string of the molecule is CN(C)c1ccc2cccc(OCC(=O)NCC(O)CN3CCc4ccccc4C3)c2n1. The fourth-order valence-corrected chi connectivity index (χ4v) is 3.97. The Morgan fingerprint density at radius 2 is 1.97 bits per heavy atom. The molecule has 0 aliphatic carbocycles. The molecule has 2 aromatic carbocycles. The molecule has 1 atom stereocenters. The Hall–Kier alpha value is -3.16. The molecule has 168 valence electrons. The van der Waals surface area contributed by atoms with Gasteiger partial charge in [-0.15, -0.1) is 0 Å². The summed E-state index contributed by atoms with van der Waals surface area (Å²) in [5.41, 5.74) is 3.41. The molecule has 1 aliphatic heterocycles. The third-order valence-corrected chi connectivity index (χ3v) is 5.70. The van der Waals surface area contributed by atoms with Gasteiger partial charge in [-0.3, -0.25) is 9.69 Å². The number of aromatic nitrogens is 1. The number of para-hydroxylation sites is 1. The number of amides is 1. The van der Waals surface area contributed by atoms with Gasteiger partial charge in [0.05, 0.1) is 6.10 Å². The van der Waals surface area contributed by atoms with Crippen molar-refractivity contribution in [3.05, 3.63) is 65.7 Å². The van der Waals surface area contributed by atoms with Crippen LogP contribution in [0.5, 0.6) is 5.75 Å². The van der Waals surface area contributed by atoms with Gasteiger partial charge in [-0.2, -0.15) is 0 Å². The molecule has 2 N–H and O–H groups in total. The van der Waals surface area contributed by atoms with E-state index in [1.165, 1.54) is 11.1 Å². The van der Waals surface area contributed by atoms with Crippen molar-refractivity contribution < 1.29 is 14.6 Å². The third-order valence-electron chi connectivity index (χ3n) is 5.70. The number of fused-ring (bicyclic) bond motifs is 2. The number of carbonyl (C=O) groups is 1. The van der Waals surface area contributed by atoms with E-state index in [0.717, 1.165) is 36.2 Å². The topological polar surface area (TPSA) is 77.9 Å². The summed E-state index contributed by atoms with van der Waals surface area (Å²) in [4.78, 5) is 21.1. The second-order valence-corrected chi connectivity index (χ2v) is 8.39. The maximum absolute atomic E-state index is 12.3. The van der Waals surface area contributed by atoms with E-state index in [-0.39, 0.29) is 19.1 Å². The number of ether oxygens (including phenoxy) is 1. The Bertz CT molecular complexity index is 1090. The largest absolute Gasteiger partial charge is 0.481 e. The number of benzene rings is 2. The van der Waals surface area contributed by atoms with Gasteiger partial charge in [0.25, 0.3) is 5.91 Å². The fourth-order valence-electron chi connectivity index (χ4n) is 3.97. The first kappa shape index (κ1) is 22.0. The average molecular weight is 435 g/mol. The highest BCUT2D eigenvalue weighted by molar-refractivity contribution is 5.86. The van der Waals surface area contributed by atoms with Crippen LogP contribution in [0.1, 0.15) is 11.1 Å². The van der Waals surface area contributed by atoms with Gasteiger partial charge in [-0.05, 0) is 35.7 Å². The fraction of sp³-hybridized carbons (Fsp3) is 0.360. The van der Waals surface area contributed by atoms with Gasteiger partial charge in [-0.1, -0.05) is 36.4 Å². The zero-order chi connectivity index (χ0) is 22.5. The van der Waals surface area contributed by atoms with E-state index in [1.807, 2.05) is 55.4 Å². The van der Waals surface area contributed by atoms with Crippen LogP contribution in [0.25, 0.3) is 10.9 Å². The predicted molar refractivity (Wildman–Crippen MR) is 126 cm³/mol. The molecule has 4 rings (SSSR count). The number of hydrogen-bond donors (Lipinski definition) is 2. The minimum atomic E-state index is -0.633. The van der Waals surface area contributed by atoms with Gasteiger partial charge in [0.1, 0.15) is 17.1 Å². The van der Waals surface area contributed by atoms with Crippen molar-refractivity contribution in [3.8, 4) is 5.75 Å². The first-order valence-corrected chi connectivity index (χ1v) is 10.9. The zero-order valence-corrected chi connectivity index (χ0v) is 18.6. The van der Waals surface area contributed by atoms with Crippen LogP contribution in [0, 0.1) is 0 Å². The molecule has 1 aromatic heterocycles. The molecule has 7 nitrogen and oxygen atoms in total. The van der Waals surface area contributed by atoms with E-state index in [2.05, 4.69) is 33.4 Å². The lowest BCUT2D eigenvalue weighted by Gasteiger charge is -2.30. The number of pyridine rings is 1. The summed E-state index contributed by atoms with van der Waals surface area (Å²) < 4.78 is 5.75. The molecule has 0 radical (unpaired) electrons. The summed E-state index contributed by atoms with van der Waals surface area (Å²) in [6, 6.07) is 18.0. The molecule has 0 saturated heterocycles. The molecular weight excluding hydrogens is 404 g/mol. The summed E-state index contributed by atoms with van der Waals surface area (Å²) in [6.45, 7) is 2.33. The summed E-state index contributed by atoms with van der Waals surface area (Å²) in [5, 5.41) is 14.1. The number of β-amino-alcohol motifs (C(OH)–C–C–N with tert-alkyl or cyclic N) is 1. The van der Waals surface area contributed by atoms with Crippen molar-refractivity contribution in [1.29, 1.82) is 0 Å². The summed E-state index contributed by atoms with van der Waals surface area (Å²) in [7, 11) is 3.86. The van der Waals surface area contributed by atoms with E-state index in [9.17, 15) is 9.90 Å². The van der Waals surface area contributed by atoms with Crippen LogP contribution >= 0.6 is 0 Å². The van der Waals surface area contributed by atoms with Gasteiger partial charge in [0.15, 0.2) is 6.61 Å². The number of rotatable bonds is 8. The highest BCUT2D eigenvalue weighted by Crippen LogP contribution is 2.26. The highest BCUT2D eigenvalue weighted by atomic mass is 16.5. The van der Waals surface area contributed by atoms with E-state index in [4.69, 9.17) is 4.74 Å². The van der Waals surface area contributed by atoms with E-state index in [1.54, 1.807) is 0 Å². The minimum absolute atomic E-state index is 0.128. The van der Waals surface area contributed by atoms with Gasteiger partial charge >= 0.3 is 0 Å². The van der Waals surface area contributed by atoms with E-state index >= 15 is 0 Å². The molecular formula is C25H30N4O3. The average Bonchev–Trinajstić information content (AvgIpc) is 2.81. The molecule has 7 heteroatoms. The quantitative estimate of drug-likeness (QED) is 0.566. The maximum atomic E-state index is 12.3. The molecule has 1 amide bonds. The molecule has 0 fully saturated rings. The van der Waals surface area contributed by atoms with Crippen LogP contribution in [0.15, 0.2) is 54.6 Å². The van der Waals surface area contributed by atoms with Gasteiger partial charge in [0.2, 0.25) is 0 Å². The first-order chi connectivity index (χ1) is 15.5. The summed E-state index contributed by atoms with van der Waals surface area (Å²) in [6.07, 6.45) is 0.351. The molecule has 1 aliphatic rings. The Morgan fingerprint density at radius 3 is 2.78 bits per heavy atom. The predicted octanol–water partition coefficient (Wildman–Crippen LogP) is 2.21. The molecule has 2 heterocycles. The van der Waals surface area contributed by atoms with Gasteiger partial charge < -0.3 is 20.1 Å². The minimum Gasteiger partial charge on any atom is -0.481 e. The molecule has 0 spiro atoms. The van der Waals surface area contributed by atoms with Crippen molar-refractivity contribution in [3.63, 3.8) is 0 Å². The van der Waals surface area contributed by atoms with Crippen LogP contribution in [-0.4, -0.2) is 67.3 Å². The van der Waals surface area contributed by atoms with Crippen LogP contribution < -0.4 is 15.0 Å². The smallest absolute Gasteiger partial charge is 0.258 e. The lowest BCUT2D eigenvalue weighted by molar-refractivity contribution is -0.123. The second-order valence-electron chi connectivity index (χ2n) is 8.39. The van der Waals surface area contributed by atoms with Gasteiger partial charge in [0, 0.05) is 45.7 Å². The first-order valence-electron chi connectivity index (χ1n) is 10.9. The molecule has 1 unspecified atom stereocenters. The summed E-state index contributed by atoms with van der Waals surface area (Å²) in [5.74, 6) is 1.11. The monoisotopic (exact) mass is 434 g/mol. The van der Waals surface area contributed by atoms with Crippen LogP contribution in [-0.2, 0) is 17.8 Å². The number of nitrogens with zero attached hydrogens (tertiary/aromatic N) is 3. The van der Waals surface area contributed by atoms with Crippen molar-refractivity contribution in [2.75, 3.05) is 45.2 Å². The van der Waals surface area contributed by atoms with Crippen molar-refractivity contribution >= 4 is 22.6 Å². The van der Waals surface area contributed by atoms with Crippen LogP contribution in [0.4, 0.5) is 5.82 Å². The Morgan fingerprint density at radius 1 is 1.16 bits per heavy atom. The van der Waals surface area contributed by atoms with Gasteiger partial charge in [-0.25, -0.2) is 4.98 Å². The molecule has 32 heavy (non-hydrogen) atoms. The number of aliphatic hydroxyl groups excluding tert-OH is 1. The lowest BCUT2D eigenvalue weighted by atomic mass is 10.00. The van der Waals surface area contributed by atoms with Crippen LogP contribution in [0.2, 0.25) is 0 Å². The van der Waals surface area contributed by atoms with Crippen molar-refractivity contribution in [2.45, 2.75) is 19.1 Å². The number of anilines is 1. The zero-order valence-electron chi connectivity index (χ0n) is 18.6. The van der Waals surface area contributed by atoms with Crippen molar-refractivity contribution in [1.82, 2.24) is 15.2 Å². The Kier molecular flexibility index (Phi) is 6.87. The third kappa shape index (κ3) is 5.36. The summed E-state index contributed by atoms with van der Waals surface area (Å²) >= 11 is 0. The second kappa shape index (κ2) is 9.97. The number of carbonyl (C=O) groups excluding carboxylic acids is 1. The highest BCUT2D eigenvalue weighted by Gasteiger charge is 2.19. The van der Waals surface area contributed by atoms with E-state index < -0.39 is 6.10 Å². The maximum Gasteiger partial charge on any atom is 0.258 e. The number of aliphatic hydroxyl groups is 1.